The molecule has 174 valence electrons. The second-order valence-corrected chi connectivity index (χ2v) is 8.94. The van der Waals surface area contributed by atoms with Crippen LogP contribution in [0.2, 0.25) is 0 Å². The molecule has 0 saturated carbocycles. The Kier molecular flexibility index (Phi) is 8.01. The number of carbonyl (C=O) groups excluding carboxylic acids is 1. The summed E-state index contributed by atoms with van der Waals surface area (Å²) in [5.74, 6) is 0.188. The van der Waals surface area contributed by atoms with Crippen molar-refractivity contribution in [3.8, 4) is 5.75 Å². The van der Waals surface area contributed by atoms with Crippen LogP contribution in [0.15, 0.2) is 42.6 Å². The largest absolute Gasteiger partial charge is 0.490 e. The Bertz CT molecular complexity index is 861. The number of halogens is 2. The minimum absolute atomic E-state index is 0.0218. The Balaban J connectivity index is 1.60. The molecule has 1 aliphatic rings. The van der Waals surface area contributed by atoms with Gasteiger partial charge in [-0.1, -0.05) is 12.1 Å². The van der Waals surface area contributed by atoms with Crippen LogP contribution in [-0.4, -0.2) is 59.3 Å². The molecular weight excluding hydrogens is 414 g/mol. The van der Waals surface area contributed by atoms with Crippen LogP contribution in [0.5, 0.6) is 5.75 Å². The molecule has 8 heteroatoms. The van der Waals surface area contributed by atoms with Crippen LogP contribution in [0.3, 0.4) is 0 Å². The molecule has 1 aromatic heterocycles. The first-order valence-corrected chi connectivity index (χ1v) is 10.9. The zero-order valence-electron chi connectivity index (χ0n) is 19.0. The fraction of sp³-hybridized carbons (Fsp3) is 0.500. The second-order valence-electron chi connectivity index (χ2n) is 8.94. The van der Waals surface area contributed by atoms with E-state index in [0.717, 1.165) is 31.5 Å². The number of rotatable bonds is 8. The van der Waals surface area contributed by atoms with E-state index >= 15 is 0 Å². The zero-order valence-corrected chi connectivity index (χ0v) is 19.0. The lowest BCUT2D eigenvalue weighted by Crippen LogP contribution is -2.49. The maximum Gasteiger partial charge on any atom is 0.318 e. The van der Waals surface area contributed by atoms with Gasteiger partial charge in [-0.3, -0.25) is 4.98 Å². The molecule has 32 heavy (non-hydrogen) atoms. The molecular formula is C24H32F2N4O2. The molecule has 2 heterocycles. The molecule has 6 nitrogen and oxygen atoms in total. The van der Waals surface area contributed by atoms with E-state index < -0.39 is 11.5 Å². The molecule has 0 unspecified atom stereocenters. The van der Waals surface area contributed by atoms with Crippen LogP contribution in [-0.2, 0) is 13.1 Å². The van der Waals surface area contributed by atoms with Crippen molar-refractivity contribution in [2.24, 2.45) is 0 Å². The van der Waals surface area contributed by atoms with Gasteiger partial charge in [-0.15, -0.1) is 0 Å². The number of nitrogens with one attached hydrogen (secondary N) is 1. The highest BCUT2D eigenvalue weighted by molar-refractivity contribution is 5.74. The van der Waals surface area contributed by atoms with E-state index in [1.165, 1.54) is 26.1 Å². The van der Waals surface area contributed by atoms with Gasteiger partial charge in [-0.2, -0.15) is 0 Å². The maximum absolute atomic E-state index is 13.6. The van der Waals surface area contributed by atoms with Crippen molar-refractivity contribution in [2.45, 2.75) is 51.5 Å². The summed E-state index contributed by atoms with van der Waals surface area (Å²) < 4.78 is 32.3. The summed E-state index contributed by atoms with van der Waals surface area (Å²) >= 11 is 0. The van der Waals surface area contributed by atoms with Crippen molar-refractivity contribution in [3.63, 3.8) is 0 Å². The number of carbonyl (C=O) groups is 1. The van der Waals surface area contributed by atoms with Crippen molar-refractivity contribution in [1.29, 1.82) is 0 Å². The molecule has 2 aromatic rings. The van der Waals surface area contributed by atoms with E-state index in [1.54, 1.807) is 23.1 Å². The van der Waals surface area contributed by atoms with Crippen molar-refractivity contribution in [3.05, 3.63) is 59.7 Å². The minimum atomic E-state index is -1.40. The number of hydrogen-bond donors (Lipinski definition) is 1. The number of benzene rings is 1. The predicted octanol–water partition coefficient (Wildman–Crippen LogP) is 4.15. The number of aromatic nitrogens is 1. The Hall–Kier alpha value is -2.74. The molecule has 1 saturated heterocycles. The molecule has 0 aliphatic carbocycles. The summed E-state index contributed by atoms with van der Waals surface area (Å²) in [5, 5.41) is 2.99. The monoisotopic (exact) mass is 446 g/mol. The van der Waals surface area contributed by atoms with Crippen LogP contribution in [0, 0.1) is 5.82 Å². The lowest BCUT2D eigenvalue weighted by molar-refractivity contribution is 0.120. The number of hydrogen-bond acceptors (Lipinski definition) is 4. The number of pyridine rings is 1. The molecule has 1 aliphatic heterocycles. The van der Waals surface area contributed by atoms with E-state index in [1.807, 2.05) is 12.1 Å². The Morgan fingerprint density at radius 2 is 1.91 bits per heavy atom. The zero-order chi connectivity index (χ0) is 23.1. The SMILES string of the molecule is CN1CCC(N(Cc2ccc(F)cn2)C(=O)NCc2ccc(OCC(C)(C)F)cc2)CC1. The minimum Gasteiger partial charge on any atom is -0.490 e. The lowest BCUT2D eigenvalue weighted by Gasteiger charge is -2.37. The molecule has 0 bridgehead atoms. The molecule has 2 amide bonds. The highest BCUT2D eigenvalue weighted by atomic mass is 19.1. The summed E-state index contributed by atoms with van der Waals surface area (Å²) in [6.07, 6.45) is 2.93. The first-order chi connectivity index (χ1) is 15.2. The van der Waals surface area contributed by atoms with Crippen molar-refractivity contribution in [1.82, 2.24) is 20.1 Å². The van der Waals surface area contributed by atoms with Crippen molar-refractivity contribution >= 4 is 6.03 Å². The highest BCUT2D eigenvalue weighted by Crippen LogP contribution is 2.19. The summed E-state index contributed by atoms with van der Waals surface area (Å²) in [4.78, 5) is 21.3. The Morgan fingerprint density at radius 3 is 2.50 bits per heavy atom. The Labute approximate surface area is 188 Å². The van der Waals surface area contributed by atoms with Gasteiger partial charge in [-0.05, 0) is 76.7 Å². The van der Waals surface area contributed by atoms with E-state index in [9.17, 15) is 13.6 Å². The molecule has 3 rings (SSSR count). The van der Waals surface area contributed by atoms with Gasteiger partial charge in [0.15, 0.2) is 0 Å². The number of urea groups is 1. The van der Waals surface area contributed by atoms with Crippen LogP contribution >= 0.6 is 0 Å². The first-order valence-electron chi connectivity index (χ1n) is 10.9. The third-order valence-electron chi connectivity index (χ3n) is 5.46. The normalized spacial score (nSPS) is 15.4. The Morgan fingerprint density at radius 1 is 1.22 bits per heavy atom. The molecule has 0 spiro atoms. The number of ether oxygens (including phenoxy) is 1. The van der Waals surface area contributed by atoms with Crippen molar-refractivity contribution in [2.75, 3.05) is 26.7 Å². The van der Waals surface area contributed by atoms with Gasteiger partial charge in [0, 0.05) is 12.6 Å². The maximum atomic E-state index is 13.6. The predicted molar refractivity (Wildman–Crippen MR) is 120 cm³/mol. The van der Waals surface area contributed by atoms with E-state index in [-0.39, 0.29) is 18.7 Å². The van der Waals surface area contributed by atoms with E-state index in [0.29, 0.717) is 24.5 Å². The fourth-order valence-electron chi connectivity index (χ4n) is 3.59. The number of nitrogens with zero attached hydrogens (tertiary/aromatic N) is 3. The molecule has 1 aromatic carbocycles. The standard InChI is InChI=1S/C24H32F2N4O2/c1-24(2,26)17-32-22-8-4-18(5-9-22)14-28-23(31)30(21-10-12-29(3)13-11-21)16-20-7-6-19(25)15-27-20/h4-9,15,21H,10-14,16-17H2,1-3H3,(H,28,31). The van der Waals surface area contributed by atoms with Gasteiger partial charge in [0.1, 0.15) is 23.8 Å². The van der Waals surface area contributed by atoms with Crippen LogP contribution in [0.4, 0.5) is 13.6 Å². The second kappa shape index (κ2) is 10.7. The highest BCUT2D eigenvalue weighted by Gasteiger charge is 2.27. The van der Waals surface area contributed by atoms with Crippen LogP contribution in [0.1, 0.15) is 37.9 Å². The molecule has 1 fully saturated rings. The third-order valence-corrected chi connectivity index (χ3v) is 5.46. The van der Waals surface area contributed by atoms with Crippen LogP contribution in [0.25, 0.3) is 0 Å². The van der Waals surface area contributed by atoms with Crippen LogP contribution < -0.4 is 10.1 Å². The van der Waals surface area contributed by atoms with Crippen molar-refractivity contribution < 1.29 is 18.3 Å². The summed E-state index contributed by atoms with van der Waals surface area (Å²) in [5.41, 5.74) is 0.162. The van der Waals surface area contributed by atoms with Gasteiger partial charge >= 0.3 is 6.03 Å². The lowest BCUT2D eigenvalue weighted by atomic mass is 10.0. The first kappa shape index (κ1) is 23.9. The van der Waals surface area contributed by atoms with E-state index in [2.05, 4.69) is 22.2 Å². The average Bonchev–Trinajstić information content (AvgIpc) is 2.76. The fourth-order valence-corrected chi connectivity index (χ4v) is 3.59. The summed E-state index contributed by atoms with van der Waals surface area (Å²) in [6, 6.07) is 10.1. The quantitative estimate of drug-likeness (QED) is 0.662. The number of likely N-dealkylation sites (tertiary alicyclic amines) is 1. The molecule has 0 atom stereocenters. The smallest absolute Gasteiger partial charge is 0.318 e. The molecule has 1 N–H and O–H groups in total. The number of amides is 2. The summed E-state index contributed by atoms with van der Waals surface area (Å²) in [6.45, 7) is 5.43. The topological polar surface area (TPSA) is 57.7 Å². The molecule has 0 radical (unpaired) electrons. The third kappa shape index (κ3) is 7.44. The van der Waals surface area contributed by atoms with Gasteiger partial charge in [0.25, 0.3) is 0 Å². The number of alkyl halides is 1. The summed E-state index contributed by atoms with van der Waals surface area (Å²) in [7, 11) is 2.07. The van der Waals surface area contributed by atoms with Gasteiger partial charge in [0.2, 0.25) is 0 Å². The average molecular weight is 447 g/mol. The number of piperidine rings is 1. The van der Waals surface area contributed by atoms with E-state index in [4.69, 9.17) is 4.74 Å². The van der Waals surface area contributed by atoms with Gasteiger partial charge in [-0.25, -0.2) is 13.6 Å². The van der Waals surface area contributed by atoms with Gasteiger partial charge < -0.3 is 19.9 Å². The van der Waals surface area contributed by atoms with Gasteiger partial charge in [0.05, 0.1) is 18.4 Å².